The molecule has 3 heterocycles. The van der Waals surface area contributed by atoms with Crippen molar-refractivity contribution in [2.45, 2.75) is 0 Å². The predicted octanol–water partition coefficient (Wildman–Crippen LogP) is 15.3. The quantitative estimate of drug-likeness (QED) is 0.161. The van der Waals surface area contributed by atoms with E-state index in [9.17, 15) is 0 Å². The van der Waals surface area contributed by atoms with E-state index in [1.807, 2.05) is 47.7 Å². The van der Waals surface area contributed by atoms with Gasteiger partial charge in [-0.25, -0.2) is 15.0 Å². The Kier molecular flexibility index (Phi) is 8.65. The van der Waals surface area contributed by atoms with Crippen molar-refractivity contribution in [1.29, 1.82) is 0 Å². The van der Waals surface area contributed by atoms with E-state index >= 15 is 0 Å². The lowest BCUT2D eigenvalue weighted by atomic mass is 9.92. The Morgan fingerprint density at radius 1 is 0.323 bits per heavy atom. The van der Waals surface area contributed by atoms with Gasteiger partial charge in [0.2, 0.25) is 0 Å². The fourth-order valence-corrected chi connectivity index (χ4v) is 10.0. The van der Waals surface area contributed by atoms with Gasteiger partial charge in [0, 0.05) is 47.6 Å². The molecule has 3 aromatic heterocycles. The summed E-state index contributed by atoms with van der Waals surface area (Å²) in [5, 5.41) is 4.91. The molecule has 0 saturated heterocycles. The van der Waals surface area contributed by atoms with E-state index < -0.39 is 0 Å². The molecule has 0 bridgehead atoms. The van der Waals surface area contributed by atoms with Crippen LogP contribution in [0.5, 0.6) is 0 Å². The van der Waals surface area contributed by atoms with Crippen molar-refractivity contribution >= 4 is 53.3 Å². The average Bonchev–Trinajstić information content (AvgIpc) is 3.90. The van der Waals surface area contributed by atoms with Crippen LogP contribution in [0.2, 0.25) is 0 Å². The maximum atomic E-state index is 5.36. The molecule has 12 rings (SSSR count). The van der Waals surface area contributed by atoms with Crippen molar-refractivity contribution in [2.75, 3.05) is 0 Å². The Morgan fingerprint density at radius 2 is 0.823 bits per heavy atom. The van der Waals surface area contributed by atoms with Gasteiger partial charge < -0.3 is 4.57 Å². The summed E-state index contributed by atoms with van der Waals surface area (Å²) < 4.78 is 4.98. The molecule has 0 atom stereocenters. The van der Waals surface area contributed by atoms with E-state index in [1.165, 1.54) is 36.5 Å². The fourth-order valence-electron chi connectivity index (χ4n) is 8.92. The van der Waals surface area contributed by atoms with Crippen LogP contribution in [0, 0.1) is 0 Å². The van der Waals surface area contributed by atoms with Gasteiger partial charge in [-0.3, -0.25) is 0 Å². The Hall–Kier alpha value is -7.99. The van der Waals surface area contributed by atoms with Crippen molar-refractivity contribution in [1.82, 2.24) is 19.5 Å². The van der Waals surface area contributed by atoms with Crippen LogP contribution in [-0.4, -0.2) is 19.5 Å². The summed E-state index contributed by atoms with van der Waals surface area (Å²) in [6.07, 6.45) is 0. The molecule has 0 radical (unpaired) electrons. The molecule has 9 aromatic carbocycles. The third-order valence-electron chi connectivity index (χ3n) is 11.8. The first-order valence-electron chi connectivity index (χ1n) is 20.8. The van der Waals surface area contributed by atoms with Crippen molar-refractivity contribution in [3.63, 3.8) is 0 Å². The van der Waals surface area contributed by atoms with Gasteiger partial charge >= 0.3 is 0 Å². The summed E-state index contributed by atoms with van der Waals surface area (Å²) in [5.41, 5.74) is 12.9. The zero-order chi connectivity index (χ0) is 41.0. The molecule has 0 aliphatic heterocycles. The average molecular weight is 809 g/mol. The lowest BCUT2D eigenvalue weighted by Gasteiger charge is -2.17. The summed E-state index contributed by atoms with van der Waals surface area (Å²) in [5.74, 6) is 1.85. The molecule has 0 fully saturated rings. The second-order valence-corrected chi connectivity index (χ2v) is 16.7. The summed E-state index contributed by atoms with van der Waals surface area (Å²) in [4.78, 5) is 15.8. The van der Waals surface area contributed by atoms with Crippen LogP contribution in [0.1, 0.15) is 0 Å². The number of thiophene rings is 1. The minimum atomic E-state index is 0.602. The summed E-state index contributed by atoms with van der Waals surface area (Å²) in [6, 6.07) is 77.6. The minimum Gasteiger partial charge on any atom is -0.308 e. The van der Waals surface area contributed by atoms with E-state index in [-0.39, 0.29) is 0 Å². The normalized spacial score (nSPS) is 11.5. The first kappa shape index (κ1) is 35.9. The van der Waals surface area contributed by atoms with Gasteiger partial charge in [-0.2, -0.15) is 0 Å². The van der Waals surface area contributed by atoms with Crippen LogP contribution in [0.4, 0.5) is 0 Å². The molecule has 0 amide bonds. The molecule has 0 unspecified atom stereocenters. The fraction of sp³-hybridized carbons (Fsp3) is 0. The van der Waals surface area contributed by atoms with E-state index in [1.54, 1.807) is 0 Å². The zero-order valence-electron chi connectivity index (χ0n) is 33.5. The number of hydrogen-bond acceptors (Lipinski definition) is 4. The number of hydrogen-bond donors (Lipinski definition) is 0. The summed E-state index contributed by atoms with van der Waals surface area (Å²) >= 11 is 1.84. The van der Waals surface area contributed by atoms with Gasteiger partial charge in [0.05, 0.1) is 16.7 Å². The first-order valence-corrected chi connectivity index (χ1v) is 21.7. The molecular formula is C57H36N4S. The summed E-state index contributed by atoms with van der Waals surface area (Å²) in [7, 11) is 0. The van der Waals surface area contributed by atoms with E-state index in [0.717, 1.165) is 61.3 Å². The molecule has 0 aliphatic rings. The molecule has 5 heteroatoms. The molecule has 0 aliphatic carbocycles. The molecule has 0 spiro atoms. The minimum absolute atomic E-state index is 0.602. The Morgan fingerprint density at radius 3 is 1.44 bits per heavy atom. The molecular weight excluding hydrogens is 773 g/mol. The number of aromatic nitrogens is 4. The van der Waals surface area contributed by atoms with Crippen LogP contribution in [0.3, 0.4) is 0 Å². The molecule has 62 heavy (non-hydrogen) atoms. The van der Waals surface area contributed by atoms with Crippen LogP contribution < -0.4 is 0 Å². The van der Waals surface area contributed by atoms with Gasteiger partial charge in [-0.05, 0) is 81.9 Å². The number of rotatable bonds is 7. The van der Waals surface area contributed by atoms with Crippen LogP contribution in [0.15, 0.2) is 218 Å². The van der Waals surface area contributed by atoms with Crippen LogP contribution >= 0.6 is 11.3 Å². The Labute approximate surface area is 362 Å². The number of benzene rings is 9. The highest BCUT2D eigenvalue weighted by atomic mass is 32.1. The Bertz CT molecular complexity index is 3500. The maximum absolute atomic E-state index is 5.36. The van der Waals surface area contributed by atoms with Gasteiger partial charge in [0.25, 0.3) is 0 Å². The number of para-hydroxylation sites is 1. The van der Waals surface area contributed by atoms with Gasteiger partial charge in [0.15, 0.2) is 17.5 Å². The third-order valence-corrected chi connectivity index (χ3v) is 13.0. The van der Waals surface area contributed by atoms with Gasteiger partial charge in [-0.15, -0.1) is 11.3 Å². The highest BCUT2D eigenvalue weighted by molar-refractivity contribution is 7.26. The smallest absolute Gasteiger partial charge is 0.166 e. The van der Waals surface area contributed by atoms with E-state index in [2.05, 4.69) is 187 Å². The second-order valence-electron chi connectivity index (χ2n) is 15.6. The predicted molar refractivity (Wildman–Crippen MR) is 260 cm³/mol. The number of nitrogens with zero attached hydrogens (tertiary/aromatic N) is 4. The standard InChI is InChI=1S/C57H36N4S/c1-5-17-37(18-6-1)42-33-43(38-19-7-2-8-20-38)35-44(34-42)41-29-31-50(48(36-41)57-59-55(39-21-9-3-10-22-39)58-56(60-57)40-23-11-4-12-24-40)61-49-27-15-13-25-45(49)46-30-32-52-53(54(46)61)47-26-14-16-28-51(47)62-52/h1-36H. The van der Waals surface area contributed by atoms with Crippen molar-refractivity contribution < 1.29 is 0 Å². The third kappa shape index (κ3) is 6.18. The van der Waals surface area contributed by atoms with Crippen molar-refractivity contribution in [2.24, 2.45) is 0 Å². The summed E-state index contributed by atoms with van der Waals surface area (Å²) in [6.45, 7) is 0. The maximum Gasteiger partial charge on any atom is 0.166 e. The van der Waals surface area contributed by atoms with E-state index in [0.29, 0.717) is 17.5 Å². The van der Waals surface area contributed by atoms with Crippen molar-refractivity contribution in [3.05, 3.63) is 218 Å². The van der Waals surface area contributed by atoms with Crippen LogP contribution in [-0.2, 0) is 0 Å². The molecule has 0 N–H and O–H groups in total. The molecule has 4 nitrogen and oxygen atoms in total. The highest BCUT2D eigenvalue weighted by Crippen LogP contribution is 2.45. The highest BCUT2D eigenvalue weighted by Gasteiger charge is 2.23. The lowest BCUT2D eigenvalue weighted by Crippen LogP contribution is -2.04. The SMILES string of the molecule is c1ccc(-c2cc(-c3ccccc3)cc(-c3ccc(-n4c5ccccc5c5ccc6sc7ccccc7c6c54)c(-c4nc(-c5ccccc5)nc(-c5ccccc5)n4)c3)c2)cc1. The topological polar surface area (TPSA) is 43.6 Å². The van der Waals surface area contributed by atoms with E-state index in [4.69, 9.17) is 15.0 Å². The van der Waals surface area contributed by atoms with Gasteiger partial charge in [-0.1, -0.05) is 170 Å². The Balaban J connectivity index is 1.19. The monoisotopic (exact) mass is 808 g/mol. The van der Waals surface area contributed by atoms with Crippen molar-refractivity contribution in [3.8, 4) is 73.2 Å². The van der Waals surface area contributed by atoms with Gasteiger partial charge in [0.1, 0.15) is 0 Å². The zero-order valence-corrected chi connectivity index (χ0v) is 34.3. The largest absolute Gasteiger partial charge is 0.308 e. The second kappa shape index (κ2) is 14.9. The molecule has 0 saturated carbocycles. The van der Waals surface area contributed by atoms with Crippen LogP contribution in [0.25, 0.3) is 115 Å². The number of fused-ring (bicyclic) bond motifs is 7. The first-order chi connectivity index (χ1) is 30.7. The molecule has 12 aromatic rings. The molecule has 290 valence electrons. The lowest BCUT2D eigenvalue weighted by molar-refractivity contribution is 1.06.